The van der Waals surface area contributed by atoms with Crippen LogP contribution in [-0.4, -0.2) is 27.1 Å². The van der Waals surface area contributed by atoms with Crippen LogP contribution >= 0.6 is 11.8 Å². The van der Waals surface area contributed by atoms with Crippen molar-refractivity contribution in [2.24, 2.45) is 0 Å². The second-order valence-corrected chi connectivity index (χ2v) is 6.26. The van der Waals surface area contributed by atoms with Crippen LogP contribution in [0.2, 0.25) is 0 Å². The minimum absolute atomic E-state index is 0.522. The van der Waals surface area contributed by atoms with Crippen LogP contribution in [0.3, 0.4) is 0 Å². The first-order valence-electron chi connectivity index (χ1n) is 6.12. The van der Waals surface area contributed by atoms with E-state index < -0.39 is 0 Å². The first-order chi connectivity index (χ1) is 7.83. The summed E-state index contributed by atoms with van der Waals surface area (Å²) in [7, 11) is 0. The summed E-state index contributed by atoms with van der Waals surface area (Å²) < 4.78 is 2.89. The molecule has 1 aromatic rings. The van der Waals surface area contributed by atoms with Gasteiger partial charge in [0.1, 0.15) is 0 Å². The highest BCUT2D eigenvalue weighted by molar-refractivity contribution is 8.00. The fourth-order valence-electron chi connectivity index (χ4n) is 2.57. The van der Waals surface area contributed by atoms with E-state index in [0.29, 0.717) is 10.8 Å². The van der Waals surface area contributed by atoms with Crippen LogP contribution in [0.1, 0.15) is 37.4 Å². The van der Waals surface area contributed by atoms with Crippen molar-refractivity contribution in [2.45, 2.75) is 43.0 Å². The summed E-state index contributed by atoms with van der Waals surface area (Å²) in [5, 5.41) is 3.56. The molecular weight excluding hydrogens is 218 g/mol. The average Bonchev–Trinajstić information content (AvgIpc) is 2.71. The maximum atomic E-state index is 4.33. The van der Waals surface area contributed by atoms with Crippen LogP contribution in [0.15, 0.2) is 12.5 Å². The molecule has 0 aromatic carbocycles. The lowest BCUT2D eigenvalue weighted by Crippen LogP contribution is -2.20. The maximum Gasteiger partial charge on any atom is 0.0949 e. The first-order valence-corrected chi connectivity index (χ1v) is 7.34. The normalized spacial score (nSPS) is 27.2. The molecule has 2 heterocycles. The van der Waals surface area contributed by atoms with Crippen LogP contribution in [0.5, 0.6) is 0 Å². The van der Waals surface area contributed by atoms with Gasteiger partial charge in [-0.25, -0.2) is 4.98 Å². The minimum Gasteiger partial charge on any atom is -0.332 e. The largest absolute Gasteiger partial charge is 0.332 e. The smallest absolute Gasteiger partial charge is 0.0949 e. The molecule has 1 N–H and O–H groups in total. The van der Waals surface area contributed by atoms with Gasteiger partial charge in [-0.15, -0.1) is 0 Å². The molecule has 1 aliphatic carbocycles. The molecule has 0 bridgehead atoms. The van der Waals surface area contributed by atoms with E-state index in [0.717, 1.165) is 13.1 Å². The van der Waals surface area contributed by atoms with Crippen molar-refractivity contribution in [3.63, 3.8) is 0 Å². The number of hydrogen-bond acceptors (Lipinski definition) is 3. The van der Waals surface area contributed by atoms with Crippen molar-refractivity contribution < 1.29 is 0 Å². The Bertz CT molecular complexity index is 364. The summed E-state index contributed by atoms with van der Waals surface area (Å²) in [6.45, 7) is 2.30. The number of aromatic nitrogens is 2. The van der Waals surface area contributed by atoms with E-state index in [1.165, 1.54) is 31.4 Å². The molecule has 2 aliphatic rings. The summed E-state index contributed by atoms with van der Waals surface area (Å²) in [5.74, 6) is 0. The van der Waals surface area contributed by atoms with E-state index in [9.17, 15) is 0 Å². The molecule has 88 valence electrons. The van der Waals surface area contributed by atoms with Crippen LogP contribution < -0.4 is 5.32 Å². The Morgan fingerprint density at radius 3 is 3.12 bits per heavy atom. The van der Waals surface area contributed by atoms with Crippen molar-refractivity contribution >= 4 is 11.8 Å². The number of nitrogens with one attached hydrogen (secondary N) is 1. The van der Waals surface area contributed by atoms with Crippen molar-refractivity contribution in [3.8, 4) is 0 Å². The van der Waals surface area contributed by atoms with Crippen LogP contribution in [-0.2, 0) is 6.54 Å². The molecule has 3 nitrogen and oxygen atoms in total. The lowest BCUT2D eigenvalue weighted by atomic mass is 10.1. The Labute approximate surface area is 101 Å². The van der Waals surface area contributed by atoms with Gasteiger partial charge in [-0.2, -0.15) is 11.8 Å². The number of imidazole rings is 1. The van der Waals surface area contributed by atoms with Crippen molar-refractivity contribution in [1.29, 1.82) is 0 Å². The molecule has 16 heavy (non-hydrogen) atoms. The molecule has 0 unspecified atom stereocenters. The topological polar surface area (TPSA) is 29.9 Å². The fraction of sp³-hybridized carbons (Fsp3) is 0.750. The highest BCUT2D eigenvalue weighted by atomic mass is 32.2. The van der Waals surface area contributed by atoms with Gasteiger partial charge in [0.05, 0.1) is 12.0 Å². The summed E-state index contributed by atoms with van der Waals surface area (Å²) in [5.41, 5.74) is 1.39. The zero-order chi connectivity index (χ0) is 11.0. The van der Waals surface area contributed by atoms with E-state index in [2.05, 4.69) is 21.1 Å². The third kappa shape index (κ3) is 1.89. The van der Waals surface area contributed by atoms with E-state index in [1.54, 1.807) is 0 Å². The quantitative estimate of drug-likeness (QED) is 0.870. The van der Waals surface area contributed by atoms with Gasteiger partial charge in [0.15, 0.2) is 0 Å². The predicted molar refractivity (Wildman–Crippen MR) is 67.7 cm³/mol. The predicted octanol–water partition coefficient (Wildman–Crippen LogP) is 2.20. The zero-order valence-corrected chi connectivity index (χ0v) is 10.6. The molecule has 1 atom stereocenters. The molecule has 1 saturated heterocycles. The van der Waals surface area contributed by atoms with Gasteiger partial charge in [0.2, 0.25) is 0 Å². The van der Waals surface area contributed by atoms with Gasteiger partial charge >= 0.3 is 0 Å². The Morgan fingerprint density at radius 2 is 2.50 bits per heavy atom. The highest BCUT2D eigenvalue weighted by Crippen LogP contribution is 2.48. The monoisotopic (exact) mass is 237 g/mol. The van der Waals surface area contributed by atoms with Gasteiger partial charge in [-0.05, 0) is 38.5 Å². The zero-order valence-electron chi connectivity index (χ0n) is 9.78. The molecule has 1 aromatic heterocycles. The van der Waals surface area contributed by atoms with Crippen molar-refractivity contribution in [1.82, 2.24) is 14.9 Å². The number of nitrogens with zero attached hydrogens (tertiary/aromatic N) is 2. The van der Waals surface area contributed by atoms with Gasteiger partial charge in [0, 0.05) is 23.5 Å². The standard InChI is InChI=1S/C12H19N3S/c1-16-12(4-5-12)8-15-9-13-7-11(15)10-3-2-6-14-10/h7,9-10,14H,2-6,8H2,1H3/t10-/m0/s1. The second kappa shape index (κ2) is 4.08. The third-order valence-corrected chi connectivity index (χ3v) is 5.26. The van der Waals surface area contributed by atoms with Gasteiger partial charge in [0.25, 0.3) is 0 Å². The number of hydrogen-bond donors (Lipinski definition) is 1. The van der Waals surface area contributed by atoms with E-state index >= 15 is 0 Å². The molecule has 0 radical (unpaired) electrons. The Hall–Kier alpha value is -0.480. The summed E-state index contributed by atoms with van der Waals surface area (Å²) >= 11 is 2.02. The van der Waals surface area contributed by atoms with Crippen LogP contribution in [0.25, 0.3) is 0 Å². The second-order valence-electron chi connectivity index (χ2n) is 4.98. The van der Waals surface area contributed by atoms with E-state index in [1.807, 2.05) is 24.3 Å². The lowest BCUT2D eigenvalue weighted by Gasteiger charge is -2.18. The minimum atomic E-state index is 0.522. The molecular formula is C12H19N3S. The SMILES string of the molecule is CSC1(Cn2cncc2[C@@H]2CCCN2)CC1. The highest BCUT2D eigenvalue weighted by Gasteiger charge is 2.42. The fourth-order valence-corrected chi connectivity index (χ4v) is 3.35. The molecule has 0 amide bonds. The molecule has 1 aliphatic heterocycles. The van der Waals surface area contributed by atoms with Crippen molar-refractivity contribution in [3.05, 3.63) is 18.2 Å². The van der Waals surface area contributed by atoms with E-state index in [-0.39, 0.29) is 0 Å². The molecule has 3 rings (SSSR count). The Morgan fingerprint density at radius 1 is 1.62 bits per heavy atom. The summed E-state index contributed by atoms with van der Waals surface area (Å²) in [6.07, 6.45) is 11.6. The Balaban J connectivity index is 1.77. The van der Waals surface area contributed by atoms with Gasteiger partial charge in [-0.1, -0.05) is 0 Å². The third-order valence-electron chi connectivity index (χ3n) is 3.86. The average molecular weight is 237 g/mol. The Kier molecular flexibility index (Phi) is 2.72. The summed E-state index contributed by atoms with van der Waals surface area (Å²) in [4.78, 5) is 4.33. The van der Waals surface area contributed by atoms with E-state index in [4.69, 9.17) is 0 Å². The van der Waals surface area contributed by atoms with Crippen LogP contribution in [0.4, 0.5) is 0 Å². The van der Waals surface area contributed by atoms with Gasteiger partial charge in [-0.3, -0.25) is 0 Å². The molecule has 2 fully saturated rings. The number of rotatable bonds is 4. The molecule has 4 heteroatoms. The maximum absolute atomic E-state index is 4.33. The van der Waals surface area contributed by atoms with Gasteiger partial charge < -0.3 is 9.88 Å². The van der Waals surface area contributed by atoms with Crippen molar-refractivity contribution in [2.75, 3.05) is 12.8 Å². The summed E-state index contributed by atoms with van der Waals surface area (Å²) in [6, 6.07) is 0.542. The van der Waals surface area contributed by atoms with Crippen LogP contribution in [0, 0.1) is 0 Å². The number of thioether (sulfide) groups is 1. The first kappa shape index (κ1) is 10.7. The lowest BCUT2D eigenvalue weighted by molar-refractivity contribution is 0.552. The molecule has 1 saturated carbocycles. The molecule has 0 spiro atoms.